The predicted octanol–water partition coefficient (Wildman–Crippen LogP) is 1.69. The molecule has 0 aliphatic rings. The highest BCUT2D eigenvalue weighted by Gasteiger charge is 2.00. The number of hydrogen-bond donors (Lipinski definition) is 1. The van der Waals surface area contributed by atoms with Crippen molar-refractivity contribution >= 4 is 6.09 Å². The van der Waals surface area contributed by atoms with Gasteiger partial charge in [0.05, 0.1) is 18.9 Å². The summed E-state index contributed by atoms with van der Waals surface area (Å²) >= 11 is 0. The van der Waals surface area contributed by atoms with E-state index >= 15 is 0 Å². The molecule has 1 N–H and O–H groups in total. The normalized spacial score (nSPS) is 9.62. The zero-order valence-electron chi connectivity index (χ0n) is 10.1. The summed E-state index contributed by atoms with van der Waals surface area (Å²) in [5.74, 6) is 0.718. The number of carbonyl (C=O) groups excluding carboxylic acids is 1. The lowest BCUT2D eigenvalue weighted by molar-refractivity contribution is 0.121. The van der Waals surface area contributed by atoms with E-state index < -0.39 is 6.09 Å². The average Bonchev–Trinajstić information content (AvgIpc) is 2.30. The lowest BCUT2D eigenvalue weighted by Gasteiger charge is -2.08. The first-order valence-corrected chi connectivity index (χ1v) is 5.40. The molecule has 0 rings (SSSR count). The number of methoxy groups -OCH3 is 1. The summed E-state index contributed by atoms with van der Waals surface area (Å²) in [5, 5.41) is 2.57. The van der Waals surface area contributed by atoms with E-state index in [2.05, 4.69) is 11.9 Å². The highest BCUT2D eigenvalue weighted by Crippen LogP contribution is 1.96. The highest BCUT2D eigenvalue weighted by atomic mass is 16.5. The van der Waals surface area contributed by atoms with Crippen molar-refractivity contribution in [1.29, 1.82) is 0 Å². The summed E-state index contributed by atoms with van der Waals surface area (Å²) in [5.41, 5.74) is 0. The van der Waals surface area contributed by atoms with Crippen LogP contribution in [0.3, 0.4) is 0 Å². The minimum atomic E-state index is -0.429. The summed E-state index contributed by atoms with van der Waals surface area (Å²) in [6.07, 6.45) is 1.05. The van der Waals surface area contributed by atoms with E-state index in [1.807, 2.05) is 6.92 Å². The van der Waals surface area contributed by atoms with Crippen LogP contribution in [-0.4, -0.2) is 39.6 Å². The standard InChI is InChI=1S/C11H21NO4/c1-4-10(2)15-9-6-12-11(13)16-8-5-7-14-3/h2,4-9H2,1,3H3,(H,12,13). The molecule has 0 unspecified atom stereocenters. The second-order valence-electron chi connectivity index (χ2n) is 3.15. The Labute approximate surface area is 96.8 Å². The highest BCUT2D eigenvalue weighted by molar-refractivity contribution is 5.66. The van der Waals surface area contributed by atoms with Crippen LogP contribution in [0.1, 0.15) is 19.8 Å². The Balaban J connectivity index is 3.27. The van der Waals surface area contributed by atoms with Crippen molar-refractivity contribution in [2.45, 2.75) is 19.8 Å². The van der Waals surface area contributed by atoms with Crippen LogP contribution in [-0.2, 0) is 14.2 Å². The Morgan fingerprint density at radius 1 is 1.25 bits per heavy atom. The van der Waals surface area contributed by atoms with E-state index in [1.165, 1.54) is 0 Å². The Morgan fingerprint density at radius 2 is 2.00 bits per heavy atom. The number of hydrogen-bond acceptors (Lipinski definition) is 4. The van der Waals surface area contributed by atoms with Gasteiger partial charge in [0.25, 0.3) is 0 Å². The Bertz CT molecular complexity index is 206. The van der Waals surface area contributed by atoms with E-state index in [9.17, 15) is 4.79 Å². The minimum Gasteiger partial charge on any atom is -0.497 e. The fourth-order valence-corrected chi connectivity index (χ4v) is 0.870. The number of nitrogens with one attached hydrogen (secondary N) is 1. The predicted molar refractivity (Wildman–Crippen MR) is 61.2 cm³/mol. The van der Waals surface area contributed by atoms with Gasteiger partial charge < -0.3 is 19.5 Å². The van der Waals surface area contributed by atoms with Crippen LogP contribution in [0.4, 0.5) is 4.79 Å². The topological polar surface area (TPSA) is 56.8 Å². The lowest BCUT2D eigenvalue weighted by atomic mass is 10.4. The van der Waals surface area contributed by atoms with Crippen molar-refractivity contribution in [1.82, 2.24) is 5.32 Å². The summed E-state index contributed by atoms with van der Waals surface area (Å²) in [4.78, 5) is 11.1. The van der Waals surface area contributed by atoms with Gasteiger partial charge in [0.2, 0.25) is 0 Å². The molecule has 0 radical (unpaired) electrons. The minimum absolute atomic E-state index is 0.363. The summed E-state index contributed by atoms with van der Waals surface area (Å²) in [7, 11) is 1.61. The quantitative estimate of drug-likeness (QED) is 0.484. The Hall–Kier alpha value is -1.23. The van der Waals surface area contributed by atoms with Gasteiger partial charge in [0, 0.05) is 26.6 Å². The molecule has 0 aromatic rings. The van der Waals surface area contributed by atoms with Gasteiger partial charge in [-0.25, -0.2) is 4.79 Å². The van der Waals surface area contributed by atoms with Gasteiger partial charge in [0.1, 0.15) is 6.61 Å². The molecule has 0 heterocycles. The van der Waals surface area contributed by atoms with E-state index in [1.54, 1.807) is 7.11 Å². The second kappa shape index (κ2) is 10.3. The fourth-order valence-electron chi connectivity index (χ4n) is 0.870. The summed E-state index contributed by atoms with van der Waals surface area (Å²) in [6, 6.07) is 0. The monoisotopic (exact) mass is 231 g/mol. The molecule has 5 nitrogen and oxygen atoms in total. The molecule has 0 aliphatic heterocycles. The molecule has 0 spiro atoms. The molecule has 0 bridgehead atoms. The molecule has 16 heavy (non-hydrogen) atoms. The maximum Gasteiger partial charge on any atom is 0.407 e. The maximum atomic E-state index is 11.1. The third-order valence-corrected chi connectivity index (χ3v) is 1.80. The van der Waals surface area contributed by atoms with Crippen LogP contribution in [0.15, 0.2) is 12.3 Å². The number of amides is 1. The zero-order chi connectivity index (χ0) is 12.2. The molecule has 0 aromatic heterocycles. The third-order valence-electron chi connectivity index (χ3n) is 1.80. The van der Waals surface area contributed by atoms with E-state index in [-0.39, 0.29) is 0 Å². The van der Waals surface area contributed by atoms with Crippen LogP contribution < -0.4 is 5.32 Å². The molecule has 0 atom stereocenters. The molecule has 0 aromatic carbocycles. The van der Waals surface area contributed by atoms with Crippen LogP contribution in [0.5, 0.6) is 0 Å². The van der Waals surface area contributed by atoms with Gasteiger partial charge in [-0.3, -0.25) is 0 Å². The number of rotatable bonds is 9. The molecule has 1 amide bonds. The fraction of sp³-hybridized carbons (Fsp3) is 0.727. The van der Waals surface area contributed by atoms with Gasteiger partial charge in [0.15, 0.2) is 0 Å². The molecule has 5 heteroatoms. The zero-order valence-corrected chi connectivity index (χ0v) is 10.1. The van der Waals surface area contributed by atoms with Gasteiger partial charge >= 0.3 is 6.09 Å². The first-order valence-electron chi connectivity index (χ1n) is 5.40. The summed E-state index contributed by atoms with van der Waals surface area (Å²) < 4.78 is 14.9. The number of carbonyl (C=O) groups is 1. The molecular weight excluding hydrogens is 210 g/mol. The average molecular weight is 231 g/mol. The lowest BCUT2D eigenvalue weighted by Crippen LogP contribution is -2.28. The SMILES string of the molecule is C=C(CC)OCCNC(=O)OCCCOC. The second-order valence-corrected chi connectivity index (χ2v) is 3.15. The largest absolute Gasteiger partial charge is 0.497 e. The van der Waals surface area contributed by atoms with Crippen molar-refractivity contribution < 1.29 is 19.0 Å². The Morgan fingerprint density at radius 3 is 2.62 bits per heavy atom. The van der Waals surface area contributed by atoms with Crippen LogP contribution >= 0.6 is 0 Å². The number of alkyl carbamates (subject to hydrolysis) is 1. The van der Waals surface area contributed by atoms with Crippen molar-refractivity contribution in [3.05, 3.63) is 12.3 Å². The molecule has 0 fully saturated rings. The molecule has 0 saturated carbocycles. The molecular formula is C11H21NO4. The first kappa shape index (κ1) is 14.8. The van der Waals surface area contributed by atoms with E-state index in [0.29, 0.717) is 32.8 Å². The van der Waals surface area contributed by atoms with Gasteiger partial charge in [-0.1, -0.05) is 13.5 Å². The Kier molecular flexibility index (Phi) is 9.50. The number of allylic oxidation sites excluding steroid dienone is 1. The van der Waals surface area contributed by atoms with Crippen molar-refractivity contribution in [2.75, 3.05) is 33.5 Å². The maximum absolute atomic E-state index is 11.1. The molecule has 94 valence electrons. The van der Waals surface area contributed by atoms with Crippen molar-refractivity contribution in [2.24, 2.45) is 0 Å². The smallest absolute Gasteiger partial charge is 0.407 e. The number of ether oxygens (including phenoxy) is 3. The van der Waals surface area contributed by atoms with Crippen LogP contribution in [0, 0.1) is 0 Å². The third kappa shape index (κ3) is 9.33. The van der Waals surface area contributed by atoms with Crippen LogP contribution in [0.2, 0.25) is 0 Å². The van der Waals surface area contributed by atoms with Gasteiger partial charge in [-0.2, -0.15) is 0 Å². The van der Waals surface area contributed by atoms with Gasteiger partial charge in [-0.15, -0.1) is 0 Å². The van der Waals surface area contributed by atoms with E-state index in [4.69, 9.17) is 14.2 Å². The van der Waals surface area contributed by atoms with Gasteiger partial charge in [-0.05, 0) is 0 Å². The summed E-state index contributed by atoms with van der Waals surface area (Å²) in [6.45, 7) is 7.43. The van der Waals surface area contributed by atoms with E-state index in [0.717, 1.165) is 12.2 Å². The first-order chi connectivity index (χ1) is 7.70. The van der Waals surface area contributed by atoms with Crippen molar-refractivity contribution in [3.8, 4) is 0 Å². The van der Waals surface area contributed by atoms with Crippen molar-refractivity contribution in [3.63, 3.8) is 0 Å². The molecule has 0 saturated heterocycles. The molecule has 0 aliphatic carbocycles. The van der Waals surface area contributed by atoms with Crippen LogP contribution in [0.25, 0.3) is 0 Å².